The van der Waals surface area contributed by atoms with E-state index >= 15 is 0 Å². The molecule has 1 aromatic heterocycles. The molecule has 0 amide bonds. The van der Waals surface area contributed by atoms with E-state index in [0.717, 1.165) is 30.0 Å². The summed E-state index contributed by atoms with van der Waals surface area (Å²) in [5, 5.41) is 3.46. The molecule has 0 spiro atoms. The highest BCUT2D eigenvalue weighted by molar-refractivity contribution is 5.88. The SMILES string of the molecule is CCC1CNc2cc(C)c3oc(C)nc3c21. The van der Waals surface area contributed by atoms with Crippen LogP contribution in [-0.2, 0) is 0 Å². The Morgan fingerprint density at radius 1 is 1.50 bits per heavy atom. The summed E-state index contributed by atoms with van der Waals surface area (Å²) in [4.78, 5) is 4.54. The van der Waals surface area contributed by atoms with Gasteiger partial charge in [-0.3, -0.25) is 0 Å². The number of benzene rings is 1. The fraction of sp³-hybridized carbons (Fsp3) is 0.462. The van der Waals surface area contributed by atoms with Gasteiger partial charge in [0.15, 0.2) is 11.5 Å². The predicted octanol–water partition coefficient (Wildman–Crippen LogP) is 3.36. The van der Waals surface area contributed by atoms with Crippen molar-refractivity contribution in [3.63, 3.8) is 0 Å². The molecule has 0 fully saturated rings. The standard InChI is InChI=1S/C13H16N2O/c1-4-9-6-14-10-5-7(2)13-12(11(9)10)15-8(3)16-13/h5,9,14H,4,6H2,1-3H3. The van der Waals surface area contributed by atoms with Crippen molar-refractivity contribution in [2.45, 2.75) is 33.1 Å². The van der Waals surface area contributed by atoms with Gasteiger partial charge in [0.2, 0.25) is 0 Å². The zero-order chi connectivity index (χ0) is 11.3. The smallest absolute Gasteiger partial charge is 0.192 e. The molecule has 0 radical (unpaired) electrons. The van der Waals surface area contributed by atoms with Crippen LogP contribution in [0.25, 0.3) is 11.1 Å². The second-order valence-electron chi connectivity index (χ2n) is 4.55. The second kappa shape index (κ2) is 3.24. The minimum atomic E-state index is 0.572. The molecule has 0 saturated carbocycles. The van der Waals surface area contributed by atoms with Crippen molar-refractivity contribution in [3.05, 3.63) is 23.1 Å². The molecule has 0 bridgehead atoms. The quantitative estimate of drug-likeness (QED) is 0.794. The molecule has 2 heterocycles. The second-order valence-corrected chi connectivity index (χ2v) is 4.55. The molecular formula is C13H16N2O. The first kappa shape index (κ1) is 9.70. The number of rotatable bonds is 1. The molecule has 2 aromatic rings. The average molecular weight is 216 g/mol. The van der Waals surface area contributed by atoms with Crippen LogP contribution >= 0.6 is 0 Å². The number of aryl methyl sites for hydroxylation is 2. The van der Waals surface area contributed by atoms with Gasteiger partial charge in [-0.2, -0.15) is 0 Å². The molecule has 0 saturated heterocycles. The summed E-state index contributed by atoms with van der Waals surface area (Å²) < 4.78 is 5.68. The topological polar surface area (TPSA) is 38.1 Å². The minimum Gasteiger partial charge on any atom is -0.441 e. The normalized spacial score (nSPS) is 18.8. The molecular weight excluding hydrogens is 200 g/mol. The van der Waals surface area contributed by atoms with Gasteiger partial charge in [-0.25, -0.2) is 4.98 Å². The minimum absolute atomic E-state index is 0.572. The van der Waals surface area contributed by atoms with E-state index in [4.69, 9.17) is 4.42 Å². The number of hydrogen-bond acceptors (Lipinski definition) is 3. The number of anilines is 1. The molecule has 1 N–H and O–H groups in total. The van der Waals surface area contributed by atoms with E-state index < -0.39 is 0 Å². The molecule has 0 aliphatic carbocycles. The van der Waals surface area contributed by atoms with Gasteiger partial charge in [0.1, 0.15) is 5.52 Å². The largest absolute Gasteiger partial charge is 0.441 e. The Morgan fingerprint density at radius 3 is 3.06 bits per heavy atom. The summed E-state index contributed by atoms with van der Waals surface area (Å²) in [6.45, 7) is 7.24. The Hall–Kier alpha value is -1.51. The number of hydrogen-bond donors (Lipinski definition) is 1. The van der Waals surface area contributed by atoms with Crippen molar-refractivity contribution in [2.24, 2.45) is 0 Å². The molecule has 3 heteroatoms. The fourth-order valence-electron chi connectivity index (χ4n) is 2.61. The first-order valence-electron chi connectivity index (χ1n) is 5.85. The van der Waals surface area contributed by atoms with Gasteiger partial charge in [-0.15, -0.1) is 0 Å². The maximum absolute atomic E-state index is 5.68. The Balaban J connectivity index is 2.36. The van der Waals surface area contributed by atoms with Gasteiger partial charge in [-0.05, 0) is 25.0 Å². The van der Waals surface area contributed by atoms with Crippen molar-refractivity contribution in [1.82, 2.24) is 4.98 Å². The molecule has 3 nitrogen and oxygen atoms in total. The van der Waals surface area contributed by atoms with Crippen LogP contribution in [0.1, 0.15) is 36.3 Å². The molecule has 3 rings (SSSR count). The van der Waals surface area contributed by atoms with Crippen LogP contribution in [-0.4, -0.2) is 11.5 Å². The Kier molecular flexibility index (Phi) is 1.96. The van der Waals surface area contributed by atoms with Gasteiger partial charge in [0.05, 0.1) is 0 Å². The molecule has 1 unspecified atom stereocenters. The van der Waals surface area contributed by atoms with Crippen LogP contribution in [0.4, 0.5) is 5.69 Å². The van der Waals surface area contributed by atoms with Gasteiger partial charge in [-0.1, -0.05) is 6.92 Å². The Morgan fingerprint density at radius 2 is 2.31 bits per heavy atom. The lowest BCUT2D eigenvalue weighted by Crippen LogP contribution is -1.99. The zero-order valence-corrected chi connectivity index (χ0v) is 9.92. The van der Waals surface area contributed by atoms with Crippen molar-refractivity contribution >= 4 is 16.8 Å². The fourth-order valence-corrected chi connectivity index (χ4v) is 2.61. The third kappa shape index (κ3) is 1.17. The summed E-state index contributed by atoms with van der Waals surface area (Å²) in [5.74, 6) is 1.33. The van der Waals surface area contributed by atoms with Crippen molar-refractivity contribution in [1.29, 1.82) is 0 Å². The Labute approximate surface area is 94.9 Å². The molecule has 1 aliphatic rings. The first-order valence-corrected chi connectivity index (χ1v) is 5.85. The van der Waals surface area contributed by atoms with Crippen molar-refractivity contribution in [2.75, 3.05) is 11.9 Å². The molecule has 84 valence electrons. The van der Waals surface area contributed by atoms with Crippen LogP contribution in [0.3, 0.4) is 0 Å². The van der Waals surface area contributed by atoms with Gasteiger partial charge in [0, 0.05) is 30.6 Å². The predicted molar refractivity (Wildman–Crippen MR) is 65.0 cm³/mol. The number of nitrogens with one attached hydrogen (secondary N) is 1. The van der Waals surface area contributed by atoms with E-state index in [1.165, 1.54) is 16.8 Å². The van der Waals surface area contributed by atoms with E-state index in [9.17, 15) is 0 Å². The van der Waals surface area contributed by atoms with Crippen LogP contribution in [0, 0.1) is 13.8 Å². The highest BCUT2D eigenvalue weighted by Crippen LogP contribution is 2.40. The number of nitrogens with zero attached hydrogens (tertiary/aromatic N) is 1. The first-order chi connectivity index (χ1) is 7.70. The number of fused-ring (bicyclic) bond motifs is 3. The number of aromatic nitrogens is 1. The van der Waals surface area contributed by atoms with Gasteiger partial charge < -0.3 is 9.73 Å². The number of oxazole rings is 1. The summed E-state index contributed by atoms with van der Waals surface area (Å²) in [7, 11) is 0. The van der Waals surface area contributed by atoms with E-state index in [2.05, 4.69) is 30.2 Å². The lowest BCUT2D eigenvalue weighted by atomic mass is 9.96. The van der Waals surface area contributed by atoms with Crippen molar-refractivity contribution < 1.29 is 4.42 Å². The summed E-state index contributed by atoms with van der Waals surface area (Å²) in [6, 6.07) is 2.18. The highest BCUT2D eigenvalue weighted by atomic mass is 16.3. The van der Waals surface area contributed by atoms with E-state index in [-0.39, 0.29) is 0 Å². The van der Waals surface area contributed by atoms with E-state index in [1.807, 2.05) is 6.92 Å². The Bertz CT molecular complexity index is 557. The van der Waals surface area contributed by atoms with Gasteiger partial charge >= 0.3 is 0 Å². The summed E-state index contributed by atoms with van der Waals surface area (Å²) in [6.07, 6.45) is 1.14. The van der Waals surface area contributed by atoms with Crippen molar-refractivity contribution in [3.8, 4) is 0 Å². The van der Waals surface area contributed by atoms with Crippen LogP contribution in [0.15, 0.2) is 10.5 Å². The van der Waals surface area contributed by atoms with E-state index in [1.54, 1.807) is 0 Å². The molecule has 1 atom stereocenters. The summed E-state index contributed by atoms with van der Waals surface area (Å²) in [5.41, 5.74) is 5.77. The molecule has 1 aliphatic heterocycles. The van der Waals surface area contributed by atoms with Crippen LogP contribution < -0.4 is 5.32 Å². The highest BCUT2D eigenvalue weighted by Gasteiger charge is 2.26. The third-order valence-electron chi connectivity index (χ3n) is 3.44. The molecule has 16 heavy (non-hydrogen) atoms. The lowest BCUT2D eigenvalue weighted by Gasteiger charge is -2.07. The monoisotopic (exact) mass is 216 g/mol. The maximum atomic E-state index is 5.68. The van der Waals surface area contributed by atoms with Gasteiger partial charge in [0.25, 0.3) is 0 Å². The third-order valence-corrected chi connectivity index (χ3v) is 3.44. The molecule has 1 aromatic carbocycles. The average Bonchev–Trinajstić information content (AvgIpc) is 2.80. The lowest BCUT2D eigenvalue weighted by molar-refractivity contribution is 0.559. The summed E-state index contributed by atoms with van der Waals surface area (Å²) >= 11 is 0. The maximum Gasteiger partial charge on any atom is 0.192 e. The zero-order valence-electron chi connectivity index (χ0n) is 9.92. The van der Waals surface area contributed by atoms with E-state index in [0.29, 0.717) is 5.92 Å². The van der Waals surface area contributed by atoms with Crippen LogP contribution in [0.2, 0.25) is 0 Å². The van der Waals surface area contributed by atoms with Crippen LogP contribution in [0.5, 0.6) is 0 Å².